The molecule has 5 nitrogen and oxygen atoms in total. The molecule has 1 amide bonds. The minimum atomic E-state index is -0.327. The van der Waals surface area contributed by atoms with Gasteiger partial charge in [-0.2, -0.15) is 0 Å². The first-order valence-electron chi connectivity index (χ1n) is 5.67. The van der Waals surface area contributed by atoms with Crippen LogP contribution >= 0.6 is 11.3 Å². The van der Waals surface area contributed by atoms with Crippen LogP contribution in [0.2, 0.25) is 0 Å². The van der Waals surface area contributed by atoms with Crippen LogP contribution in [0.3, 0.4) is 0 Å². The summed E-state index contributed by atoms with van der Waals surface area (Å²) < 4.78 is 13.1. The summed E-state index contributed by atoms with van der Waals surface area (Å²) in [7, 11) is 1.71. The maximum absolute atomic E-state index is 13.1. The van der Waals surface area contributed by atoms with E-state index in [0.717, 1.165) is 11.3 Å². The normalized spacial score (nSPS) is 11.9. The highest BCUT2D eigenvalue weighted by molar-refractivity contribution is 7.17. The number of rotatable bonds is 4. The van der Waals surface area contributed by atoms with Crippen LogP contribution in [0.1, 0.15) is 28.3 Å². The van der Waals surface area contributed by atoms with Crippen LogP contribution in [-0.2, 0) is 0 Å². The highest BCUT2D eigenvalue weighted by Crippen LogP contribution is 2.17. The Morgan fingerprint density at radius 1 is 1.42 bits per heavy atom. The van der Waals surface area contributed by atoms with E-state index in [1.165, 1.54) is 12.1 Å². The third-order valence-corrected chi connectivity index (χ3v) is 3.47. The van der Waals surface area contributed by atoms with Crippen LogP contribution in [-0.4, -0.2) is 23.2 Å². The second kappa shape index (κ2) is 5.75. The third kappa shape index (κ3) is 3.25. The van der Waals surface area contributed by atoms with Gasteiger partial charge in [0.1, 0.15) is 5.82 Å². The van der Waals surface area contributed by atoms with Gasteiger partial charge in [-0.3, -0.25) is 4.79 Å². The van der Waals surface area contributed by atoms with Gasteiger partial charge in [0, 0.05) is 7.05 Å². The average Bonchev–Trinajstić information content (AvgIpc) is 2.87. The third-order valence-electron chi connectivity index (χ3n) is 2.53. The quantitative estimate of drug-likeness (QED) is 0.901. The summed E-state index contributed by atoms with van der Waals surface area (Å²) in [5.74, 6) is -0.650. The van der Waals surface area contributed by atoms with Gasteiger partial charge in [0.15, 0.2) is 0 Å². The molecule has 100 valence electrons. The molecule has 0 saturated carbocycles. The first-order chi connectivity index (χ1) is 9.10. The molecular weight excluding hydrogens is 267 g/mol. The first-order valence-corrected chi connectivity index (χ1v) is 6.49. The van der Waals surface area contributed by atoms with Crippen LogP contribution in [0.25, 0.3) is 0 Å². The molecule has 0 radical (unpaired) electrons. The number of nitrogens with zero attached hydrogens (tertiary/aromatic N) is 2. The number of carbonyl (C=O) groups excluding carboxylic acids is 1. The molecule has 0 spiro atoms. The summed E-state index contributed by atoms with van der Waals surface area (Å²) in [5.41, 5.74) is 0.701. The average molecular weight is 280 g/mol. The molecule has 2 aromatic rings. The lowest BCUT2D eigenvalue weighted by molar-refractivity contribution is 0.0938. The van der Waals surface area contributed by atoms with Crippen LogP contribution in [0.5, 0.6) is 0 Å². The Bertz CT molecular complexity index is 587. The molecule has 0 aliphatic heterocycles. The topological polar surface area (TPSA) is 66.9 Å². The molecule has 1 aromatic carbocycles. The van der Waals surface area contributed by atoms with Crippen molar-refractivity contribution in [2.24, 2.45) is 0 Å². The number of amides is 1. The van der Waals surface area contributed by atoms with Gasteiger partial charge in [0.25, 0.3) is 5.91 Å². The van der Waals surface area contributed by atoms with E-state index in [0.29, 0.717) is 10.7 Å². The highest BCUT2D eigenvalue weighted by Gasteiger charge is 2.15. The van der Waals surface area contributed by atoms with E-state index in [9.17, 15) is 9.18 Å². The van der Waals surface area contributed by atoms with Gasteiger partial charge in [-0.15, -0.1) is 10.2 Å². The van der Waals surface area contributed by atoms with Gasteiger partial charge < -0.3 is 10.6 Å². The Hall–Kier alpha value is -2.02. The minimum absolute atomic E-state index is 0.271. The van der Waals surface area contributed by atoms with Crippen molar-refractivity contribution in [3.63, 3.8) is 0 Å². The first kappa shape index (κ1) is 13.4. The summed E-state index contributed by atoms with van der Waals surface area (Å²) in [5, 5.41) is 14.0. The van der Waals surface area contributed by atoms with Crippen molar-refractivity contribution >= 4 is 22.4 Å². The Morgan fingerprint density at radius 2 is 2.21 bits per heavy atom. The number of benzene rings is 1. The van der Waals surface area contributed by atoms with Crippen molar-refractivity contribution in [1.29, 1.82) is 0 Å². The minimum Gasteiger partial charge on any atom is -0.363 e. The zero-order chi connectivity index (χ0) is 13.8. The molecular formula is C12H13FN4OS. The Balaban J connectivity index is 2.06. The summed E-state index contributed by atoms with van der Waals surface area (Å²) >= 11 is 1.16. The molecule has 2 rings (SSSR count). The predicted molar refractivity (Wildman–Crippen MR) is 71.7 cm³/mol. The number of nitrogens with one attached hydrogen (secondary N) is 2. The highest BCUT2D eigenvalue weighted by atomic mass is 32.1. The summed E-state index contributed by atoms with van der Waals surface area (Å²) in [6.07, 6.45) is 0. The molecule has 0 fully saturated rings. The van der Waals surface area contributed by atoms with Crippen molar-refractivity contribution < 1.29 is 9.18 Å². The molecule has 1 atom stereocenters. The lowest BCUT2D eigenvalue weighted by Gasteiger charge is -2.12. The van der Waals surface area contributed by atoms with Crippen LogP contribution in [0.4, 0.5) is 9.52 Å². The molecule has 0 bridgehead atoms. The van der Waals surface area contributed by atoms with E-state index in [-0.39, 0.29) is 22.8 Å². The number of hydrogen-bond donors (Lipinski definition) is 2. The maximum atomic E-state index is 13.1. The molecule has 0 aliphatic rings. The van der Waals surface area contributed by atoms with Crippen molar-refractivity contribution in [2.75, 3.05) is 12.4 Å². The number of anilines is 1. The zero-order valence-electron chi connectivity index (χ0n) is 10.5. The summed E-state index contributed by atoms with van der Waals surface area (Å²) in [4.78, 5) is 11.9. The van der Waals surface area contributed by atoms with E-state index in [2.05, 4.69) is 20.8 Å². The monoisotopic (exact) mass is 280 g/mol. The van der Waals surface area contributed by atoms with Crippen molar-refractivity contribution in [3.05, 3.63) is 40.7 Å². The fourth-order valence-corrected chi connectivity index (χ4v) is 2.13. The fourth-order valence-electron chi connectivity index (χ4n) is 1.53. The Kier molecular flexibility index (Phi) is 4.06. The van der Waals surface area contributed by atoms with Gasteiger partial charge in [0.05, 0.1) is 6.04 Å². The summed E-state index contributed by atoms with van der Waals surface area (Å²) in [6, 6.07) is 5.82. The second-order valence-electron chi connectivity index (χ2n) is 3.91. The predicted octanol–water partition coefficient (Wildman–Crippen LogP) is 2.21. The molecule has 1 unspecified atom stereocenters. The molecule has 0 aliphatic carbocycles. The lowest BCUT2D eigenvalue weighted by Crippen LogP contribution is -2.26. The van der Waals surface area contributed by atoms with E-state index in [4.69, 9.17) is 0 Å². The number of hydrogen-bond acceptors (Lipinski definition) is 5. The standard InChI is InChI=1S/C12H13FN4OS/c1-7(8-4-3-5-9(13)6-8)15-10(18)11-16-17-12(14-2)19-11/h3-7H,1-2H3,(H,14,17)(H,15,18). The lowest BCUT2D eigenvalue weighted by atomic mass is 10.1. The van der Waals surface area contributed by atoms with E-state index in [1.54, 1.807) is 26.1 Å². The zero-order valence-corrected chi connectivity index (χ0v) is 11.3. The number of carbonyl (C=O) groups is 1. The van der Waals surface area contributed by atoms with Crippen molar-refractivity contribution in [1.82, 2.24) is 15.5 Å². The van der Waals surface area contributed by atoms with Gasteiger partial charge in [-0.05, 0) is 24.6 Å². The van der Waals surface area contributed by atoms with E-state index >= 15 is 0 Å². The van der Waals surface area contributed by atoms with Crippen molar-refractivity contribution in [2.45, 2.75) is 13.0 Å². The van der Waals surface area contributed by atoms with Crippen LogP contribution in [0, 0.1) is 5.82 Å². The Morgan fingerprint density at radius 3 is 2.84 bits per heavy atom. The van der Waals surface area contributed by atoms with Crippen LogP contribution < -0.4 is 10.6 Å². The summed E-state index contributed by atoms with van der Waals surface area (Å²) in [6.45, 7) is 1.78. The van der Waals surface area contributed by atoms with Crippen LogP contribution in [0.15, 0.2) is 24.3 Å². The number of aromatic nitrogens is 2. The van der Waals surface area contributed by atoms with Gasteiger partial charge >= 0.3 is 0 Å². The molecule has 1 heterocycles. The molecule has 19 heavy (non-hydrogen) atoms. The Labute approximate surface area is 113 Å². The van der Waals surface area contributed by atoms with Gasteiger partial charge in [0.2, 0.25) is 10.1 Å². The second-order valence-corrected chi connectivity index (χ2v) is 4.89. The van der Waals surface area contributed by atoms with Gasteiger partial charge in [-0.1, -0.05) is 23.5 Å². The van der Waals surface area contributed by atoms with Gasteiger partial charge in [-0.25, -0.2) is 4.39 Å². The smallest absolute Gasteiger partial charge is 0.282 e. The largest absolute Gasteiger partial charge is 0.363 e. The molecule has 1 aromatic heterocycles. The molecule has 2 N–H and O–H groups in total. The molecule has 7 heteroatoms. The SMILES string of the molecule is CNc1nnc(C(=O)NC(C)c2cccc(F)c2)s1. The molecule has 0 saturated heterocycles. The number of halogens is 1. The fraction of sp³-hybridized carbons (Fsp3) is 0.250. The maximum Gasteiger partial charge on any atom is 0.282 e. The van der Waals surface area contributed by atoms with E-state index in [1.807, 2.05) is 0 Å². The van der Waals surface area contributed by atoms with E-state index < -0.39 is 0 Å². The van der Waals surface area contributed by atoms with Crippen molar-refractivity contribution in [3.8, 4) is 0 Å².